The van der Waals surface area contributed by atoms with Crippen molar-refractivity contribution < 1.29 is 17.4 Å². The van der Waals surface area contributed by atoms with Crippen molar-refractivity contribution in [3.8, 4) is 0 Å². The lowest BCUT2D eigenvalue weighted by Gasteiger charge is -2.05. The van der Waals surface area contributed by atoms with Gasteiger partial charge in [-0.25, -0.2) is 4.21 Å². The first-order chi connectivity index (χ1) is 5.91. The maximum atomic E-state index is 11.9. The van der Waals surface area contributed by atoms with E-state index in [0.29, 0.717) is 0 Å². The first-order valence-corrected chi connectivity index (χ1v) is 4.40. The van der Waals surface area contributed by atoms with Crippen LogP contribution in [0.1, 0.15) is 0 Å². The summed E-state index contributed by atoms with van der Waals surface area (Å²) in [6.07, 6.45) is 0. The van der Waals surface area contributed by atoms with Crippen molar-refractivity contribution in [2.75, 3.05) is 5.73 Å². The van der Waals surface area contributed by atoms with Crippen molar-refractivity contribution in [2.24, 2.45) is 0 Å². The fourth-order valence-electron chi connectivity index (χ4n) is 0.764. The molecule has 1 rings (SSSR count). The van der Waals surface area contributed by atoms with E-state index in [0.717, 1.165) is 12.1 Å². The molecular weight excluding hydrogens is 203 g/mol. The second-order valence-corrected chi connectivity index (χ2v) is 3.76. The van der Waals surface area contributed by atoms with Crippen LogP contribution in [0.15, 0.2) is 29.2 Å². The summed E-state index contributed by atoms with van der Waals surface area (Å²) in [6, 6.07) is 4.93. The molecule has 1 aromatic carbocycles. The Labute approximate surface area is 75.0 Å². The standard InChI is InChI=1S/C7H6F3NOS/c8-7(9,10)13(12)6-3-1-2-5(11)4-6/h1-4H,11H2. The van der Waals surface area contributed by atoms with Crippen LogP contribution in [0.2, 0.25) is 0 Å². The van der Waals surface area contributed by atoms with E-state index < -0.39 is 16.3 Å². The average molecular weight is 209 g/mol. The predicted molar refractivity (Wildman–Crippen MR) is 43.3 cm³/mol. The average Bonchev–Trinajstić information content (AvgIpc) is 2.01. The number of rotatable bonds is 1. The Morgan fingerprint density at radius 2 is 1.92 bits per heavy atom. The lowest BCUT2D eigenvalue weighted by molar-refractivity contribution is -0.0384. The molecule has 0 radical (unpaired) electrons. The van der Waals surface area contributed by atoms with Gasteiger partial charge in [0, 0.05) is 10.6 Å². The summed E-state index contributed by atoms with van der Waals surface area (Å²) in [5.74, 6) is 0. The zero-order valence-corrected chi connectivity index (χ0v) is 7.15. The minimum atomic E-state index is -4.73. The third-order valence-electron chi connectivity index (χ3n) is 1.28. The molecule has 1 unspecified atom stereocenters. The van der Waals surface area contributed by atoms with Crippen molar-refractivity contribution in [2.45, 2.75) is 10.4 Å². The first kappa shape index (κ1) is 10.0. The molecule has 2 nitrogen and oxygen atoms in total. The molecule has 0 spiro atoms. The molecule has 0 saturated carbocycles. The molecule has 2 N–H and O–H groups in total. The molecule has 1 aromatic rings. The Balaban J connectivity index is 3.03. The van der Waals surface area contributed by atoms with Gasteiger partial charge in [-0.3, -0.25) is 0 Å². The van der Waals surface area contributed by atoms with Gasteiger partial charge in [0.2, 0.25) is 0 Å². The normalized spacial score (nSPS) is 14.1. The van der Waals surface area contributed by atoms with E-state index >= 15 is 0 Å². The fraction of sp³-hybridized carbons (Fsp3) is 0.143. The van der Waals surface area contributed by atoms with E-state index in [9.17, 15) is 17.4 Å². The van der Waals surface area contributed by atoms with Gasteiger partial charge in [-0.1, -0.05) is 6.07 Å². The van der Waals surface area contributed by atoms with E-state index in [2.05, 4.69) is 0 Å². The van der Waals surface area contributed by atoms with Crippen LogP contribution >= 0.6 is 0 Å². The molecule has 13 heavy (non-hydrogen) atoms. The molecule has 0 bridgehead atoms. The van der Waals surface area contributed by atoms with Crippen LogP contribution in [-0.4, -0.2) is 9.72 Å². The zero-order chi connectivity index (χ0) is 10.1. The summed E-state index contributed by atoms with van der Waals surface area (Å²) in [6.45, 7) is 0. The van der Waals surface area contributed by atoms with Gasteiger partial charge in [-0.15, -0.1) is 0 Å². The molecule has 1 atom stereocenters. The second kappa shape index (κ2) is 3.37. The van der Waals surface area contributed by atoms with Gasteiger partial charge in [0.25, 0.3) is 0 Å². The van der Waals surface area contributed by atoms with Crippen LogP contribution in [0.25, 0.3) is 0 Å². The number of hydrogen-bond acceptors (Lipinski definition) is 2. The summed E-state index contributed by atoms with van der Waals surface area (Å²) in [5, 5.41) is 0. The fourth-order valence-corrected chi connectivity index (χ4v) is 1.48. The highest BCUT2D eigenvalue weighted by Gasteiger charge is 2.37. The Bertz CT molecular complexity index is 337. The quantitative estimate of drug-likeness (QED) is 0.718. The summed E-state index contributed by atoms with van der Waals surface area (Å²) < 4.78 is 46.5. The highest BCUT2D eigenvalue weighted by molar-refractivity contribution is 7.86. The highest BCUT2D eigenvalue weighted by atomic mass is 32.2. The Morgan fingerprint density at radius 3 is 2.38 bits per heavy atom. The number of halogens is 3. The van der Waals surface area contributed by atoms with Gasteiger partial charge >= 0.3 is 5.51 Å². The summed E-state index contributed by atoms with van der Waals surface area (Å²) in [5.41, 5.74) is 0.672. The third kappa shape index (κ3) is 2.45. The SMILES string of the molecule is Nc1cccc(S(=O)C(F)(F)F)c1. The number of anilines is 1. The van der Waals surface area contributed by atoms with E-state index in [4.69, 9.17) is 5.73 Å². The summed E-state index contributed by atoms with van der Waals surface area (Å²) >= 11 is 0. The molecule has 0 fully saturated rings. The molecular formula is C7H6F3NOS. The van der Waals surface area contributed by atoms with Crippen molar-refractivity contribution in [3.63, 3.8) is 0 Å². The van der Waals surface area contributed by atoms with Gasteiger partial charge < -0.3 is 5.73 Å². The number of alkyl halides is 3. The smallest absolute Gasteiger partial charge is 0.399 e. The van der Waals surface area contributed by atoms with Crippen molar-refractivity contribution >= 4 is 16.5 Å². The van der Waals surface area contributed by atoms with E-state index in [1.165, 1.54) is 12.1 Å². The molecule has 0 aliphatic rings. The van der Waals surface area contributed by atoms with E-state index in [-0.39, 0.29) is 10.6 Å². The number of nitrogens with two attached hydrogens (primary N) is 1. The maximum Gasteiger partial charge on any atom is 0.475 e. The van der Waals surface area contributed by atoms with E-state index in [1.54, 1.807) is 0 Å². The molecule has 0 aromatic heterocycles. The lowest BCUT2D eigenvalue weighted by Crippen LogP contribution is -2.16. The topological polar surface area (TPSA) is 43.1 Å². The monoisotopic (exact) mass is 209 g/mol. The van der Waals surface area contributed by atoms with Crippen molar-refractivity contribution in [1.82, 2.24) is 0 Å². The third-order valence-corrected chi connectivity index (χ3v) is 2.38. The predicted octanol–water partition coefficient (Wildman–Crippen LogP) is 1.90. The maximum absolute atomic E-state index is 11.9. The van der Waals surface area contributed by atoms with Crippen LogP contribution in [0.3, 0.4) is 0 Å². The van der Waals surface area contributed by atoms with E-state index in [1.807, 2.05) is 0 Å². The molecule has 0 aliphatic carbocycles. The van der Waals surface area contributed by atoms with Gasteiger partial charge in [-0.05, 0) is 18.2 Å². The van der Waals surface area contributed by atoms with Crippen LogP contribution in [0.4, 0.5) is 18.9 Å². The highest BCUT2D eigenvalue weighted by Crippen LogP contribution is 2.26. The van der Waals surface area contributed by atoms with Crippen LogP contribution in [-0.2, 0) is 10.8 Å². The molecule has 0 aliphatic heterocycles. The number of benzene rings is 1. The molecule has 72 valence electrons. The molecule has 0 amide bonds. The van der Waals surface area contributed by atoms with Crippen molar-refractivity contribution in [3.05, 3.63) is 24.3 Å². The van der Waals surface area contributed by atoms with Crippen LogP contribution in [0, 0.1) is 0 Å². The minimum Gasteiger partial charge on any atom is -0.399 e. The Kier molecular flexibility index (Phi) is 2.60. The van der Waals surface area contributed by atoms with Gasteiger partial charge in [-0.2, -0.15) is 13.2 Å². The molecule has 0 heterocycles. The minimum absolute atomic E-state index is 0.162. The molecule has 0 saturated heterocycles. The largest absolute Gasteiger partial charge is 0.475 e. The van der Waals surface area contributed by atoms with Crippen LogP contribution in [0.5, 0.6) is 0 Å². The zero-order valence-electron chi connectivity index (χ0n) is 6.34. The summed E-state index contributed by atoms with van der Waals surface area (Å²) in [4.78, 5) is -0.326. The Morgan fingerprint density at radius 1 is 1.31 bits per heavy atom. The first-order valence-electron chi connectivity index (χ1n) is 3.25. The van der Waals surface area contributed by atoms with Crippen molar-refractivity contribution in [1.29, 1.82) is 0 Å². The molecule has 6 heteroatoms. The Hall–Kier alpha value is -1.04. The second-order valence-electron chi connectivity index (χ2n) is 2.29. The lowest BCUT2D eigenvalue weighted by atomic mass is 10.3. The van der Waals surface area contributed by atoms with Crippen LogP contribution < -0.4 is 5.73 Å². The van der Waals surface area contributed by atoms with Gasteiger partial charge in [0.15, 0.2) is 10.8 Å². The number of nitrogen functional groups attached to an aromatic ring is 1. The number of hydrogen-bond donors (Lipinski definition) is 1. The summed E-state index contributed by atoms with van der Waals surface area (Å²) in [7, 11) is -2.99. The van der Waals surface area contributed by atoms with Gasteiger partial charge in [0.05, 0.1) is 0 Å². The van der Waals surface area contributed by atoms with Gasteiger partial charge in [0.1, 0.15) is 0 Å².